The fourth-order valence-corrected chi connectivity index (χ4v) is 3.42. The summed E-state index contributed by atoms with van der Waals surface area (Å²) in [7, 11) is 0. The van der Waals surface area contributed by atoms with Crippen LogP contribution in [0.15, 0.2) is 53.5 Å². The van der Waals surface area contributed by atoms with Crippen LogP contribution in [0.3, 0.4) is 0 Å². The summed E-state index contributed by atoms with van der Waals surface area (Å²) in [5, 5.41) is 8.75. The van der Waals surface area contributed by atoms with Crippen LogP contribution >= 0.6 is 11.6 Å². The fourth-order valence-electron chi connectivity index (χ4n) is 3.29. The average Bonchev–Trinajstić information content (AvgIpc) is 2.96. The Balaban J connectivity index is 1.76. The number of nitrogens with zero attached hydrogens (tertiary/aromatic N) is 3. The van der Waals surface area contributed by atoms with Crippen LogP contribution in [0, 0.1) is 0 Å². The summed E-state index contributed by atoms with van der Waals surface area (Å²) in [6.07, 6.45) is 3.64. The first-order valence-electron chi connectivity index (χ1n) is 8.65. The van der Waals surface area contributed by atoms with E-state index in [4.69, 9.17) is 11.6 Å². The van der Waals surface area contributed by atoms with E-state index in [2.05, 4.69) is 36.4 Å². The highest BCUT2D eigenvalue weighted by Gasteiger charge is 2.27. The van der Waals surface area contributed by atoms with Gasteiger partial charge in [-0.1, -0.05) is 43.6 Å². The van der Waals surface area contributed by atoms with Crippen LogP contribution < -0.4 is 11.0 Å². The van der Waals surface area contributed by atoms with Gasteiger partial charge in [-0.25, -0.2) is 9.48 Å². The van der Waals surface area contributed by atoms with E-state index in [1.165, 1.54) is 10.2 Å². The smallest absolute Gasteiger partial charge is 0.306 e. The van der Waals surface area contributed by atoms with Crippen LogP contribution in [0.1, 0.15) is 32.3 Å². The number of aromatic nitrogens is 3. The maximum atomic E-state index is 12.4. The number of nitrogens with one attached hydrogen (secondary N) is 1. The molecule has 132 valence electrons. The highest BCUT2D eigenvalue weighted by atomic mass is 35.5. The van der Waals surface area contributed by atoms with Gasteiger partial charge in [-0.2, -0.15) is 0 Å². The van der Waals surface area contributed by atoms with Gasteiger partial charge in [0.2, 0.25) is 0 Å². The summed E-state index contributed by atoms with van der Waals surface area (Å²) < 4.78 is 3.08. The van der Waals surface area contributed by atoms with Crippen LogP contribution in [-0.4, -0.2) is 20.7 Å². The molecule has 2 heterocycles. The highest BCUT2D eigenvalue weighted by Crippen LogP contribution is 2.29. The quantitative estimate of drug-likeness (QED) is 0.703. The summed E-state index contributed by atoms with van der Waals surface area (Å²) >= 11 is 6.02. The van der Waals surface area contributed by atoms with Crippen molar-refractivity contribution in [1.82, 2.24) is 19.5 Å². The minimum atomic E-state index is -0.132. The Kier molecular flexibility index (Phi) is 5.25. The van der Waals surface area contributed by atoms with Gasteiger partial charge in [-0.15, -0.1) is 5.10 Å². The van der Waals surface area contributed by atoms with E-state index in [-0.39, 0.29) is 11.2 Å². The van der Waals surface area contributed by atoms with E-state index in [1.54, 1.807) is 10.6 Å². The lowest BCUT2D eigenvalue weighted by Crippen LogP contribution is -2.43. The van der Waals surface area contributed by atoms with E-state index in [9.17, 15) is 4.79 Å². The van der Waals surface area contributed by atoms with Crippen molar-refractivity contribution in [2.75, 3.05) is 6.54 Å². The second-order valence-electron chi connectivity index (χ2n) is 6.16. The lowest BCUT2D eigenvalue weighted by atomic mass is 9.84. The van der Waals surface area contributed by atoms with Gasteiger partial charge >= 0.3 is 5.69 Å². The standard InChI is InChI=1S/C19H23ClN4O/c1-3-19(4-2,15-8-10-16(20)11-9-15)21-12-14-24-18(25)23-13-6-5-7-17(23)22-24/h5-11,13,21H,3-4,12,14H2,1-2H3. The van der Waals surface area contributed by atoms with E-state index < -0.39 is 0 Å². The summed E-state index contributed by atoms with van der Waals surface area (Å²) in [6.45, 7) is 5.52. The number of pyridine rings is 1. The number of hydrogen-bond acceptors (Lipinski definition) is 3. The van der Waals surface area contributed by atoms with Crippen molar-refractivity contribution in [2.24, 2.45) is 0 Å². The summed E-state index contributed by atoms with van der Waals surface area (Å²) in [6, 6.07) is 13.5. The third-order valence-electron chi connectivity index (χ3n) is 4.88. The van der Waals surface area contributed by atoms with Crippen LogP contribution in [0.25, 0.3) is 5.65 Å². The van der Waals surface area contributed by atoms with E-state index >= 15 is 0 Å². The maximum absolute atomic E-state index is 12.4. The van der Waals surface area contributed by atoms with Crippen molar-refractivity contribution in [3.05, 3.63) is 69.7 Å². The normalized spacial score (nSPS) is 12.0. The molecule has 0 bridgehead atoms. The Morgan fingerprint density at radius 2 is 1.84 bits per heavy atom. The van der Waals surface area contributed by atoms with Crippen molar-refractivity contribution in [1.29, 1.82) is 0 Å². The Morgan fingerprint density at radius 3 is 2.48 bits per heavy atom. The van der Waals surface area contributed by atoms with Crippen LogP contribution in [-0.2, 0) is 12.1 Å². The van der Waals surface area contributed by atoms with E-state index in [0.717, 1.165) is 17.9 Å². The number of halogens is 1. The molecule has 5 nitrogen and oxygen atoms in total. The third kappa shape index (κ3) is 3.48. The Bertz CT molecular complexity index is 894. The first-order chi connectivity index (χ1) is 12.1. The van der Waals surface area contributed by atoms with Gasteiger partial charge in [0.15, 0.2) is 5.65 Å². The minimum absolute atomic E-state index is 0.109. The van der Waals surface area contributed by atoms with Gasteiger partial charge in [-0.3, -0.25) is 4.40 Å². The van der Waals surface area contributed by atoms with Gasteiger partial charge < -0.3 is 5.32 Å². The molecule has 0 fully saturated rings. The van der Waals surface area contributed by atoms with Crippen LogP contribution in [0.5, 0.6) is 0 Å². The predicted molar refractivity (Wildman–Crippen MR) is 101 cm³/mol. The van der Waals surface area contributed by atoms with Crippen LogP contribution in [0.4, 0.5) is 0 Å². The lowest BCUT2D eigenvalue weighted by molar-refractivity contribution is 0.299. The van der Waals surface area contributed by atoms with Crippen LogP contribution in [0.2, 0.25) is 5.02 Å². The first kappa shape index (κ1) is 17.7. The van der Waals surface area contributed by atoms with Gasteiger partial charge in [0.05, 0.1) is 6.54 Å². The molecule has 6 heteroatoms. The molecular formula is C19H23ClN4O. The van der Waals surface area contributed by atoms with Gasteiger partial charge in [-0.05, 0) is 42.7 Å². The van der Waals surface area contributed by atoms with E-state index in [1.807, 2.05) is 30.3 Å². The molecular weight excluding hydrogens is 336 g/mol. The van der Waals surface area contributed by atoms with Gasteiger partial charge in [0, 0.05) is 23.3 Å². The molecule has 2 aromatic heterocycles. The highest BCUT2D eigenvalue weighted by molar-refractivity contribution is 6.30. The lowest BCUT2D eigenvalue weighted by Gasteiger charge is -2.34. The zero-order chi connectivity index (χ0) is 17.9. The molecule has 0 radical (unpaired) electrons. The molecule has 0 aliphatic rings. The van der Waals surface area contributed by atoms with Crippen molar-refractivity contribution in [3.63, 3.8) is 0 Å². The molecule has 3 aromatic rings. The molecule has 1 aromatic carbocycles. The van der Waals surface area contributed by atoms with Gasteiger partial charge in [0.1, 0.15) is 0 Å². The fraction of sp³-hybridized carbons (Fsp3) is 0.368. The first-order valence-corrected chi connectivity index (χ1v) is 9.02. The molecule has 0 aliphatic carbocycles. The molecule has 0 saturated heterocycles. The van der Waals surface area contributed by atoms with Crippen molar-refractivity contribution < 1.29 is 0 Å². The van der Waals surface area contributed by atoms with Crippen molar-refractivity contribution in [2.45, 2.75) is 38.8 Å². The van der Waals surface area contributed by atoms with Crippen molar-refractivity contribution in [3.8, 4) is 0 Å². The zero-order valence-electron chi connectivity index (χ0n) is 14.6. The molecule has 0 saturated carbocycles. The number of benzene rings is 1. The Morgan fingerprint density at radius 1 is 1.12 bits per heavy atom. The number of fused-ring (bicyclic) bond motifs is 1. The Labute approximate surface area is 152 Å². The molecule has 25 heavy (non-hydrogen) atoms. The minimum Gasteiger partial charge on any atom is -0.306 e. The monoisotopic (exact) mass is 358 g/mol. The second kappa shape index (κ2) is 7.42. The molecule has 0 aliphatic heterocycles. The molecule has 0 atom stereocenters. The predicted octanol–water partition coefficient (Wildman–Crippen LogP) is 3.45. The van der Waals surface area contributed by atoms with Gasteiger partial charge in [0.25, 0.3) is 0 Å². The van der Waals surface area contributed by atoms with Crippen molar-refractivity contribution >= 4 is 17.2 Å². The molecule has 3 rings (SSSR count). The molecule has 0 amide bonds. The number of hydrogen-bond donors (Lipinski definition) is 1. The van der Waals surface area contributed by atoms with E-state index in [0.29, 0.717) is 18.7 Å². The third-order valence-corrected chi connectivity index (χ3v) is 5.13. The number of rotatable bonds is 7. The summed E-state index contributed by atoms with van der Waals surface area (Å²) in [4.78, 5) is 12.4. The molecule has 0 unspecified atom stereocenters. The summed E-state index contributed by atoms with van der Waals surface area (Å²) in [5.74, 6) is 0. The largest absolute Gasteiger partial charge is 0.350 e. The topological polar surface area (TPSA) is 51.3 Å². The zero-order valence-corrected chi connectivity index (χ0v) is 15.3. The summed E-state index contributed by atoms with van der Waals surface area (Å²) in [5.41, 5.74) is 1.64. The average molecular weight is 359 g/mol. The SMILES string of the molecule is CCC(CC)(NCCn1nc2ccccn2c1=O)c1ccc(Cl)cc1. The second-order valence-corrected chi connectivity index (χ2v) is 6.59. The maximum Gasteiger partial charge on any atom is 0.350 e. The molecule has 0 spiro atoms. The molecule has 1 N–H and O–H groups in total. The Hall–Kier alpha value is -2.11.